The predicted molar refractivity (Wildman–Crippen MR) is 102 cm³/mol. The first-order chi connectivity index (χ1) is 11.9. The van der Waals surface area contributed by atoms with Crippen LogP contribution in [-0.4, -0.2) is 33.7 Å². The number of aromatic nitrogens is 2. The number of halogens is 1. The molecule has 25 heavy (non-hydrogen) atoms. The lowest BCUT2D eigenvalue weighted by Crippen LogP contribution is -2.34. The number of hydrogen-bond donors (Lipinski definition) is 0. The van der Waals surface area contributed by atoms with Crippen LogP contribution < -0.4 is 0 Å². The van der Waals surface area contributed by atoms with Crippen LogP contribution in [-0.2, 0) is 0 Å². The van der Waals surface area contributed by atoms with Gasteiger partial charge in [0.15, 0.2) is 0 Å². The Morgan fingerprint density at radius 2 is 2.12 bits per heavy atom. The van der Waals surface area contributed by atoms with Crippen LogP contribution >= 0.6 is 11.6 Å². The average Bonchev–Trinajstić information content (AvgIpc) is 3.32. The highest BCUT2D eigenvalue weighted by atomic mass is 35.5. The summed E-state index contributed by atoms with van der Waals surface area (Å²) >= 11 is 6.29. The van der Waals surface area contributed by atoms with Crippen LogP contribution in [0.2, 0.25) is 5.02 Å². The Morgan fingerprint density at radius 3 is 2.68 bits per heavy atom. The second-order valence-electron chi connectivity index (χ2n) is 7.30. The highest BCUT2D eigenvalue weighted by Gasteiger charge is 2.34. The van der Waals surface area contributed by atoms with Crippen molar-refractivity contribution in [2.24, 2.45) is 5.92 Å². The van der Waals surface area contributed by atoms with Gasteiger partial charge in [-0.25, -0.2) is 4.68 Å². The molecule has 0 aliphatic heterocycles. The molecule has 1 saturated carbocycles. The fourth-order valence-corrected chi connectivity index (χ4v) is 3.33. The number of carbonyl (C=O) groups excluding carboxylic acids is 1. The summed E-state index contributed by atoms with van der Waals surface area (Å²) in [5.74, 6) is 0.945. The Balaban J connectivity index is 2.00. The third kappa shape index (κ3) is 3.74. The summed E-state index contributed by atoms with van der Waals surface area (Å²) in [6, 6.07) is 5.93. The smallest absolute Gasteiger partial charge is 0.257 e. The van der Waals surface area contributed by atoms with Crippen molar-refractivity contribution in [1.29, 1.82) is 0 Å². The molecule has 4 nitrogen and oxygen atoms in total. The Kier molecular flexibility index (Phi) is 5.19. The molecular formula is C20H26ClN3O. The second kappa shape index (κ2) is 7.20. The lowest BCUT2D eigenvalue weighted by atomic mass is 10.1. The topological polar surface area (TPSA) is 38.1 Å². The van der Waals surface area contributed by atoms with E-state index in [0.717, 1.165) is 46.9 Å². The van der Waals surface area contributed by atoms with Crippen molar-refractivity contribution in [2.45, 2.75) is 46.5 Å². The maximum atomic E-state index is 13.1. The minimum Gasteiger partial charge on any atom is -0.339 e. The van der Waals surface area contributed by atoms with Gasteiger partial charge in [0.25, 0.3) is 5.91 Å². The van der Waals surface area contributed by atoms with Crippen LogP contribution in [0.25, 0.3) is 5.69 Å². The normalized spacial score (nSPS) is 14.2. The molecule has 0 bridgehead atoms. The molecule has 1 fully saturated rings. The maximum absolute atomic E-state index is 13.1. The van der Waals surface area contributed by atoms with E-state index in [1.54, 1.807) is 6.20 Å². The molecule has 1 aromatic heterocycles. The van der Waals surface area contributed by atoms with Crippen LogP contribution in [0.15, 0.2) is 24.4 Å². The van der Waals surface area contributed by atoms with Gasteiger partial charge in [0.05, 0.1) is 23.1 Å². The van der Waals surface area contributed by atoms with E-state index in [4.69, 9.17) is 11.6 Å². The van der Waals surface area contributed by atoms with Crippen LogP contribution in [0.3, 0.4) is 0 Å². The molecular weight excluding hydrogens is 334 g/mol. The first-order valence-corrected chi connectivity index (χ1v) is 9.43. The van der Waals surface area contributed by atoms with Crippen molar-refractivity contribution in [3.05, 3.63) is 46.2 Å². The monoisotopic (exact) mass is 359 g/mol. The highest BCUT2D eigenvalue weighted by Crippen LogP contribution is 2.43. The van der Waals surface area contributed by atoms with Gasteiger partial charge >= 0.3 is 0 Å². The van der Waals surface area contributed by atoms with E-state index in [1.807, 2.05) is 41.6 Å². The summed E-state index contributed by atoms with van der Waals surface area (Å²) in [5.41, 5.74) is 3.73. The molecule has 5 heteroatoms. The van der Waals surface area contributed by atoms with Gasteiger partial charge < -0.3 is 4.90 Å². The van der Waals surface area contributed by atoms with Crippen molar-refractivity contribution in [2.75, 3.05) is 13.1 Å². The van der Waals surface area contributed by atoms with E-state index < -0.39 is 0 Å². The molecule has 0 unspecified atom stereocenters. The molecule has 1 aliphatic carbocycles. The van der Waals surface area contributed by atoms with Gasteiger partial charge in [0.2, 0.25) is 0 Å². The second-order valence-corrected chi connectivity index (χ2v) is 7.71. The van der Waals surface area contributed by atoms with Crippen molar-refractivity contribution in [3.8, 4) is 5.69 Å². The molecule has 1 aromatic carbocycles. The van der Waals surface area contributed by atoms with Gasteiger partial charge in [-0.05, 0) is 50.3 Å². The summed E-state index contributed by atoms with van der Waals surface area (Å²) in [6.45, 7) is 9.76. The fraction of sp³-hybridized carbons (Fsp3) is 0.500. The number of hydrogen-bond acceptors (Lipinski definition) is 2. The molecule has 2 aromatic rings. The Morgan fingerprint density at radius 1 is 1.40 bits per heavy atom. The van der Waals surface area contributed by atoms with E-state index in [0.29, 0.717) is 18.4 Å². The summed E-state index contributed by atoms with van der Waals surface area (Å²) in [6.07, 6.45) is 3.95. The third-order valence-electron chi connectivity index (χ3n) is 4.66. The SMILES string of the molecule is CCN(CC(C)C)C(=O)c1cnn(-c2ccc(C)c(Cl)c2)c1C1CC1. The molecule has 0 atom stereocenters. The number of nitrogens with zero attached hydrogens (tertiary/aromatic N) is 3. The number of aryl methyl sites for hydroxylation is 1. The summed E-state index contributed by atoms with van der Waals surface area (Å²) in [4.78, 5) is 15.0. The van der Waals surface area contributed by atoms with E-state index in [9.17, 15) is 4.79 Å². The molecule has 3 rings (SSSR count). The van der Waals surface area contributed by atoms with E-state index >= 15 is 0 Å². The average molecular weight is 360 g/mol. The molecule has 0 N–H and O–H groups in total. The van der Waals surface area contributed by atoms with E-state index in [2.05, 4.69) is 18.9 Å². The van der Waals surface area contributed by atoms with Crippen LogP contribution in [0, 0.1) is 12.8 Å². The summed E-state index contributed by atoms with van der Waals surface area (Å²) in [5, 5.41) is 5.27. The van der Waals surface area contributed by atoms with Crippen LogP contribution in [0.4, 0.5) is 0 Å². The Labute approximate surface area is 154 Å². The molecule has 0 radical (unpaired) electrons. The zero-order valence-corrected chi connectivity index (χ0v) is 16.2. The number of benzene rings is 1. The van der Waals surface area contributed by atoms with Crippen LogP contribution in [0.1, 0.15) is 61.1 Å². The zero-order chi connectivity index (χ0) is 18.1. The van der Waals surface area contributed by atoms with Crippen LogP contribution in [0.5, 0.6) is 0 Å². The maximum Gasteiger partial charge on any atom is 0.257 e. The van der Waals surface area contributed by atoms with Gasteiger partial charge in [-0.1, -0.05) is 31.5 Å². The van der Waals surface area contributed by atoms with Gasteiger partial charge in [-0.3, -0.25) is 4.79 Å². The third-order valence-corrected chi connectivity index (χ3v) is 5.06. The molecule has 134 valence electrons. The van der Waals surface area contributed by atoms with Crippen molar-refractivity contribution >= 4 is 17.5 Å². The number of rotatable bonds is 6. The van der Waals surface area contributed by atoms with E-state index in [-0.39, 0.29) is 5.91 Å². The van der Waals surface area contributed by atoms with Crippen molar-refractivity contribution < 1.29 is 4.79 Å². The first-order valence-electron chi connectivity index (χ1n) is 9.06. The lowest BCUT2D eigenvalue weighted by molar-refractivity contribution is 0.0744. The zero-order valence-electron chi connectivity index (χ0n) is 15.4. The summed E-state index contributed by atoms with van der Waals surface area (Å²) in [7, 11) is 0. The standard InChI is InChI=1S/C20H26ClN3O/c1-5-23(12-13(2)3)20(25)17-11-22-24(19(17)15-7-8-15)16-9-6-14(4)18(21)10-16/h6,9-11,13,15H,5,7-8,12H2,1-4H3. The van der Waals surface area contributed by atoms with Crippen molar-refractivity contribution in [1.82, 2.24) is 14.7 Å². The van der Waals surface area contributed by atoms with Gasteiger partial charge in [0.1, 0.15) is 0 Å². The minimum atomic E-state index is 0.0857. The fourth-order valence-electron chi connectivity index (χ4n) is 3.16. The molecule has 1 amide bonds. The largest absolute Gasteiger partial charge is 0.339 e. The predicted octanol–water partition coefficient (Wildman–Crippen LogP) is 4.83. The highest BCUT2D eigenvalue weighted by molar-refractivity contribution is 6.31. The molecule has 0 saturated heterocycles. The first kappa shape index (κ1) is 18.0. The quantitative estimate of drug-likeness (QED) is 0.740. The molecule has 1 heterocycles. The Bertz CT molecular complexity index is 777. The Hall–Kier alpha value is -1.81. The molecule has 1 aliphatic rings. The number of amides is 1. The van der Waals surface area contributed by atoms with E-state index in [1.165, 1.54) is 0 Å². The number of carbonyl (C=O) groups is 1. The summed E-state index contributed by atoms with van der Waals surface area (Å²) < 4.78 is 1.90. The van der Waals surface area contributed by atoms with Gasteiger partial charge in [-0.2, -0.15) is 5.10 Å². The lowest BCUT2D eigenvalue weighted by Gasteiger charge is -2.23. The van der Waals surface area contributed by atoms with Gasteiger partial charge in [0, 0.05) is 24.0 Å². The van der Waals surface area contributed by atoms with Gasteiger partial charge in [-0.15, -0.1) is 0 Å². The minimum absolute atomic E-state index is 0.0857. The van der Waals surface area contributed by atoms with Crippen molar-refractivity contribution in [3.63, 3.8) is 0 Å². The molecule has 0 spiro atoms.